The molecule has 18 nitrogen and oxygen atoms in total. The maximum absolute atomic E-state index is 14.2. The highest BCUT2D eigenvalue weighted by atomic mass is 16.4. The summed E-state index contributed by atoms with van der Waals surface area (Å²) in [5.41, 5.74) is 12.9. The van der Waals surface area contributed by atoms with Crippen molar-refractivity contribution in [2.24, 2.45) is 5.73 Å². The molecule has 0 aliphatic carbocycles. The van der Waals surface area contributed by atoms with E-state index in [9.17, 15) is 43.5 Å². The van der Waals surface area contributed by atoms with Gasteiger partial charge < -0.3 is 53.8 Å². The van der Waals surface area contributed by atoms with Gasteiger partial charge >= 0.3 is 5.97 Å². The summed E-state index contributed by atoms with van der Waals surface area (Å²) in [6, 6.07) is 29.5. The number of rotatable bonds is 28. The first kappa shape index (κ1) is 53.2. The highest BCUT2D eigenvalue weighted by Gasteiger charge is 2.31. The SMILES string of the molecule is CC(CC(=O)O)NC(=O)C(Cc1ccccc1)NC(=O)CNC(=O)C(Cc1ccccc1)NC(=O)C(CCCC[NH3+])NC(=O)C(Cc1ccccc1)NC(=O)CNC(=O)C(N)Cc1ccccc1. The molecular formula is C50H64N9O9+. The third-order valence-corrected chi connectivity index (χ3v) is 10.8. The van der Waals surface area contributed by atoms with Crippen LogP contribution in [0.4, 0.5) is 0 Å². The Balaban J connectivity index is 1.47. The summed E-state index contributed by atoms with van der Waals surface area (Å²) >= 11 is 0. The summed E-state index contributed by atoms with van der Waals surface area (Å²) < 4.78 is 0. The Kier molecular flexibility index (Phi) is 22.3. The molecule has 7 amide bonds. The number of quaternary nitrogens is 1. The minimum atomic E-state index is -1.23. The van der Waals surface area contributed by atoms with Crippen LogP contribution >= 0.6 is 0 Å². The molecule has 18 heteroatoms. The van der Waals surface area contributed by atoms with Gasteiger partial charge in [-0.25, -0.2) is 0 Å². The first-order chi connectivity index (χ1) is 32.7. The highest BCUT2D eigenvalue weighted by molar-refractivity contribution is 5.96. The highest BCUT2D eigenvalue weighted by Crippen LogP contribution is 2.10. The Morgan fingerprint density at radius 3 is 1.28 bits per heavy atom. The monoisotopic (exact) mass is 934 g/mol. The summed E-state index contributed by atoms with van der Waals surface area (Å²) in [5.74, 6) is -5.75. The van der Waals surface area contributed by atoms with Gasteiger partial charge in [0.05, 0.1) is 32.1 Å². The van der Waals surface area contributed by atoms with E-state index in [2.05, 4.69) is 43.0 Å². The smallest absolute Gasteiger partial charge is 0.305 e. The van der Waals surface area contributed by atoms with Gasteiger partial charge in [0, 0.05) is 25.3 Å². The second-order valence-electron chi connectivity index (χ2n) is 16.5. The van der Waals surface area contributed by atoms with Crippen molar-refractivity contribution in [2.45, 2.75) is 94.5 Å². The van der Waals surface area contributed by atoms with Crippen molar-refractivity contribution in [3.05, 3.63) is 144 Å². The predicted molar refractivity (Wildman–Crippen MR) is 254 cm³/mol. The number of hydrogen-bond acceptors (Lipinski definition) is 9. The van der Waals surface area contributed by atoms with Gasteiger partial charge in [0.1, 0.15) is 24.2 Å². The first-order valence-electron chi connectivity index (χ1n) is 22.7. The number of carbonyl (C=O) groups is 8. The fourth-order valence-electron chi connectivity index (χ4n) is 7.21. The molecule has 0 saturated carbocycles. The Morgan fingerprint density at radius 2 is 0.853 bits per heavy atom. The molecule has 0 aliphatic heterocycles. The van der Waals surface area contributed by atoms with Crippen LogP contribution in [-0.2, 0) is 64.0 Å². The lowest BCUT2D eigenvalue weighted by Crippen LogP contribution is -2.58. The molecule has 4 aromatic rings. The van der Waals surface area contributed by atoms with Crippen LogP contribution in [0.25, 0.3) is 0 Å². The average Bonchev–Trinajstić information content (AvgIpc) is 3.32. The number of unbranched alkanes of at least 4 members (excludes halogenated alkanes) is 1. The molecule has 0 saturated heterocycles. The van der Waals surface area contributed by atoms with E-state index in [4.69, 9.17) is 5.73 Å². The van der Waals surface area contributed by atoms with Crippen molar-refractivity contribution in [2.75, 3.05) is 19.6 Å². The summed E-state index contributed by atoms with van der Waals surface area (Å²) in [6.45, 7) is 1.05. The van der Waals surface area contributed by atoms with E-state index in [1.807, 2.05) is 30.3 Å². The number of carboxylic acid groups (broad SMARTS) is 1. The molecule has 13 N–H and O–H groups in total. The first-order valence-corrected chi connectivity index (χ1v) is 22.7. The van der Waals surface area contributed by atoms with Crippen LogP contribution in [0.5, 0.6) is 0 Å². The van der Waals surface area contributed by atoms with Gasteiger partial charge in [-0.1, -0.05) is 121 Å². The standard InChI is InChI=1S/C50H63N9O9/c1-33(26-45(62)63)55-49(67)41(29-36-20-10-4-11-21-36)56-44(61)32-54-47(65)40(28-35-18-8-3-9-19-35)59-48(66)39(24-14-15-25-51)58-50(68)42(30-37-22-12-5-13-23-37)57-43(60)31-53-46(64)38(52)27-34-16-6-2-7-17-34/h2-13,16-23,33,38-42H,14-15,24-32,51-52H2,1H3,(H,53,64)(H,54,65)(H,55,67)(H,56,61)(H,57,60)(H,58,68)(H,59,66)(H,62,63)/p+1. The summed E-state index contributed by atoms with van der Waals surface area (Å²) in [5, 5.41) is 27.8. The van der Waals surface area contributed by atoms with E-state index in [-0.39, 0.29) is 38.5 Å². The lowest BCUT2D eigenvalue weighted by Gasteiger charge is -2.26. The Labute approximate surface area is 396 Å². The van der Waals surface area contributed by atoms with Crippen molar-refractivity contribution >= 4 is 47.3 Å². The molecule has 4 rings (SSSR count). The Bertz CT molecular complexity index is 2250. The Morgan fingerprint density at radius 1 is 0.485 bits per heavy atom. The number of carboxylic acids is 1. The van der Waals surface area contributed by atoms with E-state index < -0.39 is 96.7 Å². The second kappa shape index (κ2) is 28.6. The van der Waals surface area contributed by atoms with Crippen molar-refractivity contribution in [1.29, 1.82) is 0 Å². The molecule has 0 aliphatic rings. The molecule has 4 aromatic carbocycles. The average molecular weight is 935 g/mol. The van der Waals surface area contributed by atoms with Crippen LogP contribution in [0.1, 0.15) is 54.9 Å². The zero-order valence-corrected chi connectivity index (χ0v) is 38.3. The molecule has 68 heavy (non-hydrogen) atoms. The van der Waals surface area contributed by atoms with E-state index in [0.29, 0.717) is 30.5 Å². The van der Waals surface area contributed by atoms with E-state index in [1.165, 1.54) is 6.92 Å². The van der Waals surface area contributed by atoms with Crippen molar-refractivity contribution in [3.63, 3.8) is 0 Å². The molecule has 0 aromatic heterocycles. The number of aliphatic carboxylic acids is 1. The second-order valence-corrected chi connectivity index (χ2v) is 16.5. The fraction of sp³-hybridized carbons (Fsp3) is 0.360. The van der Waals surface area contributed by atoms with Crippen LogP contribution in [0.3, 0.4) is 0 Å². The van der Waals surface area contributed by atoms with Crippen LogP contribution in [-0.4, -0.2) is 108 Å². The molecule has 6 unspecified atom stereocenters. The summed E-state index contributed by atoms with van der Waals surface area (Å²) in [7, 11) is 0. The van der Waals surface area contributed by atoms with Crippen LogP contribution in [0.15, 0.2) is 121 Å². The molecule has 0 spiro atoms. The minimum Gasteiger partial charge on any atom is -0.481 e. The van der Waals surface area contributed by atoms with Crippen molar-refractivity contribution in [1.82, 2.24) is 37.2 Å². The summed E-state index contributed by atoms with van der Waals surface area (Å²) in [4.78, 5) is 106. The molecule has 362 valence electrons. The largest absolute Gasteiger partial charge is 0.481 e. The topological polar surface area (TPSA) is 295 Å². The van der Waals surface area contributed by atoms with Gasteiger partial charge in [0.25, 0.3) is 0 Å². The number of hydrogen-bond donors (Lipinski definition) is 10. The lowest BCUT2D eigenvalue weighted by atomic mass is 10.0. The maximum atomic E-state index is 14.2. The molecule has 0 bridgehead atoms. The number of nitrogens with two attached hydrogens (primary N) is 1. The van der Waals surface area contributed by atoms with Gasteiger partial charge in [-0.3, -0.25) is 38.4 Å². The zero-order chi connectivity index (χ0) is 49.3. The normalized spacial score (nSPS) is 13.5. The third kappa shape index (κ3) is 19.6. The van der Waals surface area contributed by atoms with Gasteiger partial charge in [-0.05, 0) is 54.9 Å². The van der Waals surface area contributed by atoms with Crippen LogP contribution in [0, 0.1) is 0 Å². The van der Waals surface area contributed by atoms with E-state index in [0.717, 1.165) is 11.1 Å². The van der Waals surface area contributed by atoms with Gasteiger partial charge in [0.15, 0.2) is 0 Å². The van der Waals surface area contributed by atoms with Gasteiger partial charge in [-0.2, -0.15) is 0 Å². The van der Waals surface area contributed by atoms with Crippen molar-refractivity contribution in [3.8, 4) is 0 Å². The van der Waals surface area contributed by atoms with Crippen LogP contribution in [0.2, 0.25) is 0 Å². The summed E-state index contributed by atoms with van der Waals surface area (Å²) in [6.07, 6.45) is 1.32. The van der Waals surface area contributed by atoms with Crippen molar-refractivity contribution < 1.29 is 49.2 Å². The zero-order valence-electron chi connectivity index (χ0n) is 38.3. The predicted octanol–water partition coefficient (Wildman–Crippen LogP) is -0.152. The molecule has 0 heterocycles. The fourth-order valence-corrected chi connectivity index (χ4v) is 7.21. The lowest BCUT2D eigenvalue weighted by molar-refractivity contribution is -0.368. The molecule has 0 fully saturated rings. The maximum Gasteiger partial charge on any atom is 0.305 e. The number of benzene rings is 4. The number of carbonyl (C=O) groups excluding carboxylic acids is 7. The number of amides is 7. The number of nitrogens with one attached hydrogen (secondary N) is 7. The van der Waals surface area contributed by atoms with Crippen LogP contribution < -0.4 is 48.7 Å². The minimum absolute atomic E-state index is 0.00744. The van der Waals surface area contributed by atoms with Gasteiger partial charge in [0.2, 0.25) is 41.4 Å². The van der Waals surface area contributed by atoms with Gasteiger partial charge in [-0.15, -0.1) is 0 Å². The van der Waals surface area contributed by atoms with E-state index >= 15 is 0 Å². The molecule has 6 atom stereocenters. The quantitative estimate of drug-likeness (QED) is 0.0336. The van der Waals surface area contributed by atoms with E-state index in [1.54, 1.807) is 91.0 Å². The molecule has 0 radical (unpaired) electrons. The molecular weight excluding hydrogens is 871 g/mol. The third-order valence-electron chi connectivity index (χ3n) is 10.8. The Hall–Kier alpha value is -7.44.